The van der Waals surface area contributed by atoms with Crippen molar-refractivity contribution in [1.29, 1.82) is 0 Å². The topological polar surface area (TPSA) is 40.5 Å². The summed E-state index contributed by atoms with van der Waals surface area (Å²) in [4.78, 5) is 15.3. The van der Waals surface area contributed by atoms with Gasteiger partial charge >= 0.3 is 5.97 Å². The molecule has 0 saturated carbocycles. The molecule has 4 unspecified atom stereocenters. The average Bonchev–Trinajstić information content (AvgIpc) is 3.06. The highest BCUT2D eigenvalue weighted by Crippen LogP contribution is 2.49. The van der Waals surface area contributed by atoms with Crippen molar-refractivity contribution in [1.82, 2.24) is 4.90 Å². The first-order valence-corrected chi connectivity index (χ1v) is 8.01. The fraction of sp³-hybridized carbons (Fsp3) is 0.667. The molecule has 2 saturated heterocycles. The van der Waals surface area contributed by atoms with Gasteiger partial charge in [0.15, 0.2) is 0 Å². The SMILES string of the molecule is CC(C)C(c1cccs1)N1C2CCC1C(C(=O)O)C2. The number of hydrogen-bond donors (Lipinski definition) is 1. The molecule has 4 heteroatoms. The summed E-state index contributed by atoms with van der Waals surface area (Å²) in [6.07, 6.45) is 3.06. The van der Waals surface area contributed by atoms with Crippen molar-refractivity contribution in [3.63, 3.8) is 0 Å². The predicted molar refractivity (Wildman–Crippen MR) is 76.3 cm³/mol. The van der Waals surface area contributed by atoms with Crippen LogP contribution in [0.15, 0.2) is 17.5 Å². The molecule has 2 fully saturated rings. The van der Waals surface area contributed by atoms with E-state index in [-0.39, 0.29) is 12.0 Å². The van der Waals surface area contributed by atoms with Crippen LogP contribution in [0.25, 0.3) is 0 Å². The zero-order chi connectivity index (χ0) is 13.6. The van der Waals surface area contributed by atoms with Crippen molar-refractivity contribution in [2.24, 2.45) is 11.8 Å². The monoisotopic (exact) mass is 279 g/mol. The van der Waals surface area contributed by atoms with E-state index in [9.17, 15) is 9.90 Å². The molecule has 0 amide bonds. The number of fused-ring (bicyclic) bond motifs is 2. The largest absolute Gasteiger partial charge is 0.481 e. The first-order valence-electron chi connectivity index (χ1n) is 7.13. The van der Waals surface area contributed by atoms with Gasteiger partial charge in [0.25, 0.3) is 0 Å². The van der Waals surface area contributed by atoms with Gasteiger partial charge in [0.1, 0.15) is 0 Å². The maximum Gasteiger partial charge on any atom is 0.308 e. The van der Waals surface area contributed by atoms with Crippen molar-refractivity contribution in [3.05, 3.63) is 22.4 Å². The quantitative estimate of drug-likeness (QED) is 0.918. The number of rotatable bonds is 4. The molecule has 0 aliphatic carbocycles. The maximum atomic E-state index is 11.4. The molecule has 104 valence electrons. The van der Waals surface area contributed by atoms with E-state index in [0.717, 1.165) is 12.8 Å². The Morgan fingerprint density at radius 2 is 2.26 bits per heavy atom. The lowest BCUT2D eigenvalue weighted by atomic mass is 9.89. The van der Waals surface area contributed by atoms with Gasteiger partial charge < -0.3 is 5.11 Å². The summed E-state index contributed by atoms with van der Waals surface area (Å²) in [6, 6.07) is 5.41. The molecular weight excluding hydrogens is 258 g/mol. The maximum absolute atomic E-state index is 11.4. The van der Waals surface area contributed by atoms with E-state index >= 15 is 0 Å². The molecule has 4 atom stereocenters. The molecule has 1 aromatic rings. The van der Waals surface area contributed by atoms with Gasteiger partial charge in [-0.25, -0.2) is 0 Å². The Bertz CT molecular complexity index is 457. The second-order valence-corrected chi connectivity index (χ2v) is 7.11. The van der Waals surface area contributed by atoms with Crippen LogP contribution in [-0.4, -0.2) is 28.1 Å². The molecule has 2 aliphatic heterocycles. The highest BCUT2D eigenvalue weighted by atomic mass is 32.1. The average molecular weight is 279 g/mol. The van der Waals surface area contributed by atoms with Gasteiger partial charge in [-0.05, 0) is 36.6 Å². The lowest BCUT2D eigenvalue weighted by molar-refractivity contribution is -0.142. The minimum atomic E-state index is -0.606. The van der Waals surface area contributed by atoms with E-state index in [1.54, 1.807) is 11.3 Å². The molecule has 0 spiro atoms. The number of thiophene rings is 1. The molecule has 3 nitrogen and oxygen atoms in total. The van der Waals surface area contributed by atoms with Crippen LogP contribution in [0.2, 0.25) is 0 Å². The fourth-order valence-electron chi connectivity index (χ4n) is 4.01. The summed E-state index contributed by atoms with van der Waals surface area (Å²) in [7, 11) is 0. The van der Waals surface area contributed by atoms with Crippen LogP contribution in [0.1, 0.15) is 44.0 Å². The van der Waals surface area contributed by atoms with Crippen LogP contribution in [0.4, 0.5) is 0 Å². The number of carboxylic acids is 1. The standard InChI is InChI=1S/C15H21NO2S/c1-9(2)14(13-4-3-7-19-13)16-10-5-6-12(16)11(8-10)15(17)18/h3-4,7,9-12,14H,5-6,8H2,1-2H3,(H,17,18). The van der Waals surface area contributed by atoms with Crippen LogP contribution in [-0.2, 0) is 4.79 Å². The summed E-state index contributed by atoms with van der Waals surface area (Å²) in [5.74, 6) is -0.236. The summed E-state index contributed by atoms with van der Waals surface area (Å²) < 4.78 is 0. The molecule has 2 bridgehead atoms. The smallest absolute Gasteiger partial charge is 0.308 e. The van der Waals surface area contributed by atoms with E-state index in [1.165, 1.54) is 11.3 Å². The highest BCUT2D eigenvalue weighted by Gasteiger charge is 2.52. The van der Waals surface area contributed by atoms with Gasteiger partial charge in [-0.1, -0.05) is 19.9 Å². The summed E-state index contributed by atoms with van der Waals surface area (Å²) in [5, 5.41) is 11.5. The Balaban J connectivity index is 1.90. The van der Waals surface area contributed by atoms with Crippen LogP contribution in [0, 0.1) is 11.8 Å². The van der Waals surface area contributed by atoms with Gasteiger partial charge in [-0.2, -0.15) is 0 Å². The lowest BCUT2D eigenvalue weighted by Gasteiger charge is -2.34. The first-order chi connectivity index (χ1) is 9.09. The van der Waals surface area contributed by atoms with E-state index in [0.29, 0.717) is 18.0 Å². The number of nitrogens with zero attached hydrogens (tertiary/aromatic N) is 1. The third-order valence-electron chi connectivity index (χ3n) is 4.70. The zero-order valence-corrected chi connectivity index (χ0v) is 12.3. The van der Waals surface area contributed by atoms with Crippen molar-refractivity contribution >= 4 is 17.3 Å². The molecule has 19 heavy (non-hydrogen) atoms. The van der Waals surface area contributed by atoms with Gasteiger partial charge in [-0.3, -0.25) is 9.69 Å². The molecule has 3 heterocycles. The Morgan fingerprint density at radius 1 is 1.47 bits per heavy atom. The van der Waals surface area contributed by atoms with Gasteiger partial charge in [-0.15, -0.1) is 11.3 Å². The van der Waals surface area contributed by atoms with Crippen molar-refractivity contribution < 1.29 is 9.90 Å². The lowest BCUT2D eigenvalue weighted by Crippen LogP contribution is -2.38. The second kappa shape index (κ2) is 4.91. The second-order valence-electron chi connectivity index (χ2n) is 6.13. The van der Waals surface area contributed by atoms with Crippen LogP contribution in [0.5, 0.6) is 0 Å². The molecule has 1 N–H and O–H groups in total. The molecule has 0 radical (unpaired) electrons. The highest BCUT2D eigenvalue weighted by molar-refractivity contribution is 7.10. The molecular formula is C15H21NO2S. The molecule has 3 rings (SSSR count). The number of aliphatic carboxylic acids is 1. The van der Waals surface area contributed by atoms with E-state index in [2.05, 4.69) is 36.3 Å². The van der Waals surface area contributed by atoms with E-state index in [4.69, 9.17) is 0 Å². The minimum Gasteiger partial charge on any atom is -0.481 e. The summed E-state index contributed by atoms with van der Waals surface area (Å²) in [6.45, 7) is 4.50. The molecule has 2 aliphatic rings. The third kappa shape index (κ3) is 2.11. The van der Waals surface area contributed by atoms with Crippen molar-refractivity contribution in [2.75, 3.05) is 0 Å². The molecule has 1 aromatic heterocycles. The fourth-order valence-corrected chi connectivity index (χ4v) is 5.01. The van der Waals surface area contributed by atoms with Crippen LogP contribution < -0.4 is 0 Å². The van der Waals surface area contributed by atoms with Gasteiger partial charge in [0, 0.05) is 23.0 Å². The number of hydrogen-bond acceptors (Lipinski definition) is 3. The number of carbonyl (C=O) groups is 1. The van der Waals surface area contributed by atoms with Gasteiger partial charge in [0.2, 0.25) is 0 Å². The Hall–Kier alpha value is -0.870. The Labute approximate surface area is 118 Å². The van der Waals surface area contributed by atoms with E-state index < -0.39 is 5.97 Å². The van der Waals surface area contributed by atoms with Crippen LogP contribution >= 0.6 is 11.3 Å². The minimum absolute atomic E-state index is 0.153. The zero-order valence-electron chi connectivity index (χ0n) is 11.5. The summed E-state index contributed by atoms with van der Waals surface area (Å²) >= 11 is 1.80. The summed E-state index contributed by atoms with van der Waals surface area (Å²) in [5.41, 5.74) is 0. The first kappa shape index (κ1) is 13.1. The van der Waals surface area contributed by atoms with Crippen molar-refractivity contribution in [3.8, 4) is 0 Å². The van der Waals surface area contributed by atoms with E-state index in [1.807, 2.05) is 0 Å². The molecule has 0 aromatic carbocycles. The van der Waals surface area contributed by atoms with Crippen molar-refractivity contribution in [2.45, 2.75) is 51.2 Å². The van der Waals surface area contributed by atoms with Crippen LogP contribution in [0.3, 0.4) is 0 Å². The third-order valence-corrected chi connectivity index (χ3v) is 5.64. The number of carboxylic acid groups (broad SMARTS) is 1. The Kier molecular flexibility index (Phi) is 3.39. The predicted octanol–water partition coefficient (Wildman–Crippen LogP) is 3.38. The Morgan fingerprint density at radius 3 is 2.79 bits per heavy atom. The normalized spacial score (nSPS) is 32.1. The van der Waals surface area contributed by atoms with Gasteiger partial charge in [0.05, 0.1) is 5.92 Å².